The fourth-order valence-corrected chi connectivity index (χ4v) is 4.57. The van der Waals surface area contributed by atoms with Crippen molar-refractivity contribution >= 4 is 21.6 Å². The summed E-state index contributed by atoms with van der Waals surface area (Å²) in [7, 11) is -2.04. The molecule has 0 saturated carbocycles. The zero-order chi connectivity index (χ0) is 20.9. The van der Waals surface area contributed by atoms with Gasteiger partial charge >= 0.3 is 0 Å². The summed E-state index contributed by atoms with van der Waals surface area (Å²) in [6, 6.07) is 13.9. The number of carbonyl (C=O) groups is 1. The maximum Gasteiger partial charge on any atom is 0.240 e. The van der Waals surface area contributed by atoms with Crippen LogP contribution in [0, 0.1) is 0 Å². The van der Waals surface area contributed by atoms with Crippen molar-refractivity contribution in [2.75, 3.05) is 32.1 Å². The number of rotatable bonds is 8. The highest BCUT2D eigenvalue weighted by atomic mass is 32.2. The number of anilines is 1. The Bertz CT molecular complexity index is 921. The Labute approximate surface area is 172 Å². The van der Waals surface area contributed by atoms with Crippen LogP contribution in [0.2, 0.25) is 0 Å². The lowest BCUT2D eigenvalue weighted by Gasteiger charge is -2.28. The van der Waals surface area contributed by atoms with E-state index in [1.54, 1.807) is 19.2 Å². The summed E-state index contributed by atoms with van der Waals surface area (Å²) in [6.45, 7) is 3.58. The van der Waals surface area contributed by atoms with Crippen LogP contribution in [-0.2, 0) is 14.8 Å². The maximum atomic E-state index is 12.8. The molecule has 8 heteroatoms. The first-order chi connectivity index (χ1) is 13.9. The molecule has 0 aromatic heterocycles. The molecule has 7 nitrogen and oxygen atoms in total. The van der Waals surface area contributed by atoms with Gasteiger partial charge in [0.1, 0.15) is 5.75 Å². The Morgan fingerprint density at radius 3 is 2.24 bits per heavy atom. The average molecular weight is 418 g/mol. The van der Waals surface area contributed by atoms with Crippen LogP contribution in [0.15, 0.2) is 53.4 Å². The average Bonchev–Trinajstić information content (AvgIpc) is 3.23. The number of methoxy groups -OCH3 is 1. The number of nitrogens with zero attached hydrogens (tertiary/aromatic N) is 1. The van der Waals surface area contributed by atoms with Crippen LogP contribution >= 0.6 is 0 Å². The number of benzene rings is 2. The van der Waals surface area contributed by atoms with Gasteiger partial charge in [-0.2, -0.15) is 0 Å². The Morgan fingerprint density at radius 2 is 1.69 bits per heavy atom. The summed E-state index contributed by atoms with van der Waals surface area (Å²) in [5.74, 6) is 0.570. The van der Waals surface area contributed by atoms with Crippen molar-refractivity contribution in [2.24, 2.45) is 0 Å². The highest BCUT2D eigenvalue weighted by molar-refractivity contribution is 7.89. The van der Waals surface area contributed by atoms with Gasteiger partial charge in [-0.25, -0.2) is 13.1 Å². The lowest BCUT2D eigenvalue weighted by molar-refractivity contribution is -0.114. The van der Waals surface area contributed by atoms with Crippen molar-refractivity contribution in [3.63, 3.8) is 0 Å². The largest absolute Gasteiger partial charge is 0.497 e. The van der Waals surface area contributed by atoms with Gasteiger partial charge in [0.2, 0.25) is 15.9 Å². The third kappa shape index (κ3) is 5.56. The van der Waals surface area contributed by atoms with E-state index in [1.165, 1.54) is 19.1 Å². The minimum atomic E-state index is -3.67. The van der Waals surface area contributed by atoms with Crippen molar-refractivity contribution in [1.82, 2.24) is 9.62 Å². The Kier molecular flexibility index (Phi) is 6.89. The molecule has 0 radical (unpaired) electrons. The Hall–Kier alpha value is -2.42. The van der Waals surface area contributed by atoms with Crippen LogP contribution in [0.25, 0.3) is 0 Å². The smallest absolute Gasteiger partial charge is 0.240 e. The predicted octanol–water partition coefficient (Wildman–Crippen LogP) is 2.77. The zero-order valence-corrected chi connectivity index (χ0v) is 17.5. The van der Waals surface area contributed by atoms with E-state index in [0.29, 0.717) is 5.69 Å². The molecular formula is C21H27N3O4S. The molecule has 156 valence electrons. The van der Waals surface area contributed by atoms with E-state index in [9.17, 15) is 13.2 Å². The third-order valence-corrected chi connectivity index (χ3v) is 6.47. The Morgan fingerprint density at radius 1 is 1.07 bits per heavy atom. The van der Waals surface area contributed by atoms with Gasteiger partial charge in [-0.1, -0.05) is 12.1 Å². The first kappa shape index (κ1) is 21.3. The summed E-state index contributed by atoms with van der Waals surface area (Å²) in [4.78, 5) is 13.6. The predicted molar refractivity (Wildman–Crippen MR) is 112 cm³/mol. The fourth-order valence-electron chi connectivity index (χ4n) is 3.53. The lowest BCUT2D eigenvalue weighted by Crippen LogP contribution is -2.36. The maximum absolute atomic E-state index is 12.8. The molecule has 1 aliphatic rings. The zero-order valence-electron chi connectivity index (χ0n) is 16.7. The molecule has 0 bridgehead atoms. The molecule has 1 heterocycles. The standard InChI is InChI=1S/C21H27N3O4S/c1-16(25)23-18-7-11-20(12-8-18)29(26,27)22-15-21(24-13-3-4-14-24)17-5-9-19(28-2)10-6-17/h5-12,21-22H,3-4,13-15H2,1-2H3,(H,23,25)/t21-/m0/s1. The lowest BCUT2D eigenvalue weighted by atomic mass is 10.1. The van der Waals surface area contributed by atoms with E-state index >= 15 is 0 Å². The minimum Gasteiger partial charge on any atom is -0.497 e. The number of amides is 1. The molecule has 0 spiro atoms. The summed E-state index contributed by atoms with van der Waals surface area (Å²) < 4.78 is 33.5. The van der Waals surface area contributed by atoms with Crippen molar-refractivity contribution in [3.8, 4) is 5.75 Å². The second kappa shape index (κ2) is 9.39. The van der Waals surface area contributed by atoms with Crippen LogP contribution in [0.1, 0.15) is 31.4 Å². The van der Waals surface area contributed by atoms with E-state index in [0.717, 1.165) is 37.2 Å². The molecule has 3 rings (SSSR count). The van der Waals surface area contributed by atoms with Gasteiger partial charge in [0, 0.05) is 25.2 Å². The summed E-state index contributed by atoms with van der Waals surface area (Å²) >= 11 is 0. The number of carbonyl (C=O) groups excluding carboxylic acids is 1. The van der Waals surface area contributed by atoms with Gasteiger partial charge < -0.3 is 10.1 Å². The summed E-state index contributed by atoms with van der Waals surface area (Å²) in [6.07, 6.45) is 2.23. The third-order valence-electron chi connectivity index (χ3n) is 5.03. The molecule has 0 aliphatic carbocycles. The number of hydrogen-bond acceptors (Lipinski definition) is 5. The fraction of sp³-hybridized carbons (Fsp3) is 0.381. The molecule has 2 aromatic carbocycles. The SMILES string of the molecule is COc1ccc([C@H](CNS(=O)(=O)c2ccc(NC(C)=O)cc2)N2CCCC2)cc1. The van der Waals surface area contributed by atoms with Crippen LogP contribution in [0.3, 0.4) is 0 Å². The van der Waals surface area contributed by atoms with Gasteiger partial charge in [0.25, 0.3) is 0 Å². The first-order valence-corrected chi connectivity index (χ1v) is 11.1. The molecule has 2 aromatic rings. The number of nitrogens with one attached hydrogen (secondary N) is 2. The molecule has 2 N–H and O–H groups in total. The van der Waals surface area contributed by atoms with Gasteiger partial charge in [-0.05, 0) is 67.9 Å². The molecule has 1 fully saturated rings. The second-order valence-electron chi connectivity index (χ2n) is 7.09. The van der Waals surface area contributed by atoms with Crippen molar-refractivity contribution < 1.29 is 17.9 Å². The van der Waals surface area contributed by atoms with Crippen LogP contribution in [-0.4, -0.2) is 46.0 Å². The molecule has 1 aliphatic heterocycles. The van der Waals surface area contributed by atoms with E-state index in [1.807, 2.05) is 24.3 Å². The van der Waals surface area contributed by atoms with Crippen LogP contribution < -0.4 is 14.8 Å². The summed E-state index contributed by atoms with van der Waals surface area (Å²) in [5, 5.41) is 2.63. The number of ether oxygens (including phenoxy) is 1. The van der Waals surface area contributed by atoms with Gasteiger partial charge in [-0.3, -0.25) is 9.69 Å². The molecular weight excluding hydrogens is 390 g/mol. The highest BCUT2D eigenvalue weighted by Crippen LogP contribution is 2.27. The topological polar surface area (TPSA) is 87.7 Å². The van der Waals surface area contributed by atoms with Crippen LogP contribution in [0.4, 0.5) is 5.69 Å². The normalized spacial score (nSPS) is 15.8. The highest BCUT2D eigenvalue weighted by Gasteiger charge is 2.25. The van der Waals surface area contributed by atoms with E-state index < -0.39 is 10.0 Å². The number of sulfonamides is 1. The van der Waals surface area contributed by atoms with Crippen LogP contribution in [0.5, 0.6) is 5.75 Å². The quantitative estimate of drug-likeness (QED) is 0.690. The van der Waals surface area contributed by atoms with Crippen molar-refractivity contribution in [3.05, 3.63) is 54.1 Å². The van der Waals surface area contributed by atoms with Crippen molar-refractivity contribution in [2.45, 2.75) is 30.7 Å². The van der Waals surface area contributed by atoms with Gasteiger partial charge in [0.05, 0.1) is 12.0 Å². The molecule has 1 amide bonds. The molecule has 29 heavy (non-hydrogen) atoms. The second-order valence-corrected chi connectivity index (χ2v) is 8.86. The molecule has 1 atom stereocenters. The van der Waals surface area contributed by atoms with E-state index in [-0.39, 0.29) is 23.4 Å². The monoisotopic (exact) mass is 417 g/mol. The number of hydrogen-bond donors (Lipinski definition) is 2. The number of likely N-dealkylation sites (tertiary alicyclic amines) is 1. The molecule has 1 saturated heterocycles. The summed E-state index contributed by atoms with van der Waals surface area (Å²) in [5.41, 5.74) is 1.61. The minimum absolute atomic E-state index is 0.0446. The van der Waals surface area contributed by atoms with Gasteiger partial charge in [-0.15, -0.1) is 0 Å². The van der Waals surface area contributed by atoms with E-state index in [2.05, 4.69) is 14.9 Å². The Balaban J connectivity index is 1.74. The first-order valence-electron chi connectivity index (χ1n) is 9.64. The van der Waals surface area contributed by atoms with Crippen molar-refractivity contribution in [1.29, 1.82) is 0 Å². The van der Waals surface area contributed by atoms with Gasteiger partial charge in [0.15, 0.2) is 0 Å². The molecule has 0 unspecified atom stereocenters. The van der Waals surface area contributed by atoms with E-state index in [4.69, 9.17) is 4.74 Å².